The maximum atomic E-state index is 13.4. The van der Waals surface area contributed by atoms with E-state index >= 15 is 0 Å². The molecular formula is C33H37N5O2S. The van der Waals surface area contributed by atoms with Crippen LogP contribution in [0.5, 0.6) is 0 Å². The van der Waals surface area contributed by atoms with Crippen LogP contribution < -0.4 is 0 Å². The Morgan fingerprint density at radius 2 is 1.56 bits per heavy atom. The Kier molecular flexibility index (Phi) is 9.51. The molecule has 41 heavy (non-hydrogen) atoms. The summed E-state index contributed by atoms with van der Waals surface area (Å²) in [4.78, 5) is 30.4. The van der Waals surface area contributed by atoms with Crippen molar-refractivity contribution in [2.75, 3.05) is 25.4 Å². The minimum absolute atomic E-state index is 0.00633. The standard InChI is InChI=1S/C33H37N5O2S/c1-3-29(26-14-7-4-8-15-26)32(40)37-22-21-36(24-25(37)2)30(39)20-13-23-41-33-35-34-31(27-16-9-5-10-17-27)38(33)28-18-11-6-12-19-28/h4-12,14-19,25,29H,3,13,20-24H2,1-2H3. The van der Waals surface area contributed by atoms with E-state index in [1.165, 1.54) is 0 Å². The second-order valence-electron chi connectivity index (χ2n) is 10.4. The molecule has 0 saturated carbocycles. The maximum Gasteiger partial charge on any atom is 0.230 e. The minimum Gasteiger partial charge on any atom is -0.339 e. The summed E-state index contributed by atoms with van der Waals surface area (Å²) in [5.41, 5.74) is 3.07. The lowest BCUT2D eigenvalue weighted by Crippen LogP contribution is -2.56. The minimum atomic E-state index is -0.140. The number of piperazine rings is 1. The van der Waals surface area contributed by atoms with E-state index in [0.29, 0.717) is 26.1 Å². The summed E-state index contributed by atoms with van der Waals surface area (Å²) < 4.78 is 2.08. The van der Waals surface area contributed by atoms with Crippen molar-refractivity contribution >= 4 is 23.6 Å². The Bertz CT molecular complexity index is 1430. The van der Waals surface area contributed by atoms with Gasteiger partial charge in [0.05, 0.1) is 5.92 Å². The van der Waals surface area contributed by atoms with Crippen molar-refractivity contribution in [3.63, 3.8) is 0 Å². The quantitative estimate of drug-likeness (QED) is 0.172. The molecule has 8 heteroatoms. The zero-order chi connectivity index (χ0) is 28.6. The van der Waals surface area contributed by atoms with Crippen LogP contribution in [-0.4, -0.2) is 67.8 Å². The highest BCUT2D eigenvalue weighted by atomic mass is 32.2. The van der Waals surface area contributed by atoms with Crippen molar-refractivity contribution < 1.29 is 9.59 Å². The van der Waals surface area contributed by atoms with Crippen molar-refractivity contribution in [3.05, 3.63) is 96.6 Å². The molecule has 1 aromatic heterocycles. The highest BCUT2D eigenvalue weighted by Crippen LogP contribution is 2.29. The number of aromatic nitrogens is 3. The maximum absolute atomic E-state index is 13.4. The van der Waals surface area contributed by atoms with E-state index in [4.69, 9.17) is 0 Å². The average Bonchev–Trinajstić information content (AvgIpc) is 3.45. The van der Waals surface area contributed by atoms with Gasteiger partial charge in [0.25, 0.3) is 0 Å². The van der Waals surface area contributed by atoms with Gasteiger partial charge in [-0.3, -0.25) is 14.2 Å². The van der Waals surface area contributed by atoms with E-state index < -0.39 is 0 Å². The third kappa shape index (κ3) is 6.70. The normalized spacial score (nSPS) is 16.0. The smallest absolute Gasteiger partial charge is 0.230 e. The summed E-state index contributed by atoms with van der Waals surface area (Å²) in [7, 11) is 0. The third-order valence-corrected chi connectivity index (χ3v) is 8.63. The number of thioether (sulfide) groups is 1. The lowest BCUT2D eigenvalue weighted by molar-refractivity contribution is -0.143. The van der Waals surface area contributed by atoms with E-state index in [-0.39, 0.29) is 23.8 Å². The largest absolute Gasteiger partial charge is 0.339 e. The van der Waals surface area contributed by atoms with Crippen LogP contribution in [-0.2, 0) is 9.59 Å². The number of nitrogens with zero attached hydrogens (tertiary/aromatic N) is 5. The second-order valence-corrected chi connectivity index (χ2v) is 11.4. The highest BCUT2D eigenvalue weighted by molar-refractivity contribution is 7.99. The molecule has 7 nitrogen and oxygen atoms in total. The van der Waals surface area contributed by atoms with E-state index in [1.807, 2.05) is 95.6 Å². The number of amides is 2. The predicted octanol–water partition coefficient (Wildman–Crippen LogP) is 6.06. The van der Waals surface area contributed by atoms with Crippen LogP contribution in [0.3, 0.4) is 0 Å². The fourth-order valence-corrected chi connectivity index (χ4v) is 6.33. The summed E-state index contributed by atoms with van der Waals surface area (Å²) in [6.07, 6.45) is 1.97. The number of carbonyl (C=O) groups is 2. The summed E-state index contributed by atoms with van der Waals surface area (Å²) in [6.45, 7) is 5.84. The Hall–Kier alpha value is -3.91. The zero-order valence-electron chi connectivity index (χ0n) is 23.7. The second kappa shape index (κ2) is 13.6. The first kappa shape index (κ1) is 28.6. The van der Waals surface area contributed by atoms with Crippen molar-refractivity contribution in [2.45, 2.75) is 50.2 Å². The first-order valence-corrected chi connectivity index (χ1v) is 15.4. The number of rotatable bonds is 10. The Morgan fingerprint density at radius 1 is 0.902 bits per heavy atom. The van der Waals surface area contributed by atoms with Gasteiger partial charge in [-0.25, -0.2) is 0 Å². The molecule has 1 fully saturated rings. The molecule has 4 aromatic rings. The molecule has 2 unspecified atom stereocenters. The number of para-hydroxylation sites is 1. The van der Waals surface area contributed by atoms with Gasteiger partial charge in [-0.2, -0.15) is 0 Å². The lowest BCUT2D eigenvalue weighted by Gasteiger charge is -2.41. The lowest BCUT2D eigenvalue weighted by atomic mass is 9.94. The van der Waals surface area contributed by atoms with Crippen molar-refractivity contribution in [1.82, 2.24) is 24.6 Å². The fraction of sp³-hybridized carbons (Fsp3) is 0.333. The molecule has 0 aliphatic carbocycles. The van der Waals surface area contributed by atoms with E-state index in [9.17, 15) is 9.59 Å². The van der Waals surface area contributed by atoms with Crippen LogP contribution in [0.4, 0.5) is 0 Å². The Morgan fingerprint density at radius 3 is 2.22 bits per heavy atom. The molecule has 2 heterocycles. The highest BCUT2D eigenvalue weighted by Gasteiger charge is 2.33. The molecular weight excluding hydrogens is 530 g/mol. The van der Waals surface area contributed by atoms with Gasteiger partial charge < -0.3 is 9.80 Å². The molecule has 212 valence electrons. The fourth-order valence-electron chi connectivity index (χ4n) is 5.44. The number of hydrogen-bond acceptors (Lipinski definition) is 5. The molecule has 0 radical (unpaired) electrons. The molecule has 0 spiro atoms. The van der Waals surface area contributed by atoms with Crippen molar-refractivity contribution in [1.29, 1.82) is 0 Å². The molecule has 1 aliphatic heterocycles. The first-order chi connectivity index (χ1) is 20.1. The summed E-state index contributed by atoms with van der Waals surface area (Å²) in [6, 6.07) is 30.2. The van der Waals surface area contributed by atoms with Gasteiger partial charge in [0, 0.05) is 49.1 Å². The third-order valence-electron chi connectivity index (χ3n) is 7.62. The zero-order valence-corrected chi connectivity index (χ0v) is 24.5. The van der Waals surface area contributed by atoms with E-state index in [0.717, 1.165) is 46.4 Å². The van der Waals surface area contributed by atoms with Crippen LogP contribution in [0.15, 0.2) is 96.2 Å². The first-order valence-electron chi connectivity index (χ1n) is 14.4. The van der Waals surface area contributed by atoms with Crippen LogP contribution in [0, 0.1) is 0 Å². The Labute approximate surface area is 246 Å². The molecule has 2 amide bonds. The average molecular weight is 568 g/mol. The molecule has 3 aromatic carbocycles. The van der Waals surface area contributed by atoms with Crippen LogP contribution in [0.1, 0.15) is 44.6 Å². The van der Waals surface area contributed by atoms with Gasteiger partial charge in [-0.1, -0.05) is 97.5 Å². The van der Waals surface area contributed by atoms with Gasteiger partial charge in [-0.05, 0) is 37.5 Å². The molecule has 2 atom stereocenters. The molecule has 1 aliphatic rings. The molecule has 0 N–H and O–H groups in total. The molecule has 0 bridgehead atoms. The SMILES string of the molecule is CCC(C(=O)N1CCN(C(=O)CCCSc2nnc(-c3ccccc3)n2-c2ccccc2)CC1C)c1ccccc1. The monoisotopic (exact) mass is 567 g/mol. The van der Waals surface area contributed by atoms with E-state index in [2.05, 4.69) is 33.8 Å². The van der Waals surface area contributed by atoms with Crippen LogP contribution in [0.25, 0.3) is 17.1 Å². The van der Waals surface area contributed by atoms with Gasteiger partial charge >= 0.3 is 0 Å². The molecule has 1 saturated heterocycles. The van der Waals surface area contributed by atoms with Crippen molar-refractivity contribution in [2.24, 2.45) is 0 Å². The summed E-state index contributed by atoms with van der Waals surface area (Å²) in [5.74, 6) is 1.73. The van der Waals surface area contributed by atoms with Gasteiger partial charge in [0.2, 0.25) is 11.8 Å². The topological polar surface area (TPSA) is 71.3 Å². The summed E-state index contributed by atoms with van der Waals surface area (Å²) in [5, 5.41) is 9.81. The summed E-state index contributed by atoms with van der Waals surface area (Å²) >= 11 is 1.62. The van der Waals surface area contributed by atoms with Crippen LogP contribution >= 0.6 is 11.8 Å². The predicted molar refractivity (Wildman–Crippen MR) is 164 cm³/mol. The number of hydrogen-bond donors (Lipinski definition) is 0. The van der Waals surface area contributed by atoms with E-state index in [1.54, 1.807) is 11.8 Å². The van der Waals surface area contributed by atoms with Crippen LogP contribution in [0.2, 0.25) is 0 Å². The van der Waals surface area contributed by atoms with Gasteiger partial charge in [0.1, 0.15) is 0 Å². The van der Waals surface area contributed by atoms with Crippen molar-refractivity contribution in [3.8, 4) is 17.1 Å². The number of carbonyl (C=O) groups excluding carboxylic acids is 2. The number of benzene rings is 3. The van der Waals surface area contributed by atoms with Gasteiger partial charge in [0.15, 0.2) is 11.0 Å². The molecule has 5 rings (SSSR count). The Balaban J connectivity index is 1.15. The van der Waals surface area contributed by atoms with Gasteiger partial charge in [-0.15, -0.1) is 10.2 Å².